The minimum atomic E-state index is -1.24. The molecular weight excluding hydrogens is 933 g/mol. The molecule has 394 valence electrons. The van der Waals surface area contributed by atoms with Gasteiger partial charge in [0.25, 0.3) is 0 Å². The van der Waals surface area contributed by atoms with Crippen LogP contribution in [0.5, 0.6) is 12.0 Å². The molecule has 0 saturated carbocycles. The Morgan fingerprint density at radius 1 is 0.662 bits per heavy atom. The molecule has 2 aliphatic heterocycles. The molecule has 4 aromatic rings. The summed E-state index contributed by atoms with van der Waals surface area (Å²) in [5.74, 6) is 1.10. The zero-order valence-corrected chi connectivity index (χ0v) is 46.5. The van der Waals surface area contributed by atoms with E-state index in [1.54, 1.807) is 9.13 Å². The molecular formula is C51H86N12O6Si2. The molecule has 0 spiro atoms. The quantitative estimate of drug-likeness (QED) is 0.0299. The van der Waals surface area contributed by atoms with Crippen molar-refractivity contribution in [3.63, 3.8) is 0 Å². The number of nitrogens with zero attached hydrogens (tertiary/aromatic N) is 9. The molecule has 18 nitrogen and oxygen atoms in total. The van der Waals surface area contributed by atoms with Crippen molar-refractivity contribution in [2.75, 3.05) is 71.1 Å². The van der Waals surface area contributed by atoms with Gasteiger partial charge in [0.2, 0.25) is 0 Å². The van der Waals surface area contributed by atoms with E-state index in [1.165, 1.54) is 0 Å². The van der Waals surface area contributed by atoms with Crippen LogP contribution in [0.2, 0.25) is 51.4 Å². The summed E-state index contributed by atoms with van der Waals surface area (Å²) in [6.07, 6.45) is 9.02. The van der Waals surface area contributed by atoms with Crippen LogP contribution in [-0.4, -0.2) is 132 Å². The monoisotopic (exact) mass is 1020 g/mol. The van der Waals surface area contributed by atoms with Gasteiger partial charge in [-0.25, -0.2) is 0 Å². The number of aryl methyl sites for hydroxylation is 2. The molecule has 2 aliphatic rings. The fourth-order valence-corrected chi connectivity index (χ4v) is 10.6. The number of fused-ring (bicyclic) bond motifs is 2. The lowest BCUT2D eigenvalue weighted by molar-refractivity contribution is 0.0601. The third-order valence-corrected chi connectivity index (χ3v) is 17.1. The first-order valence-electron chi connectivity index (χ1n) is 26.2. The average molecular weight is 1020 g/mol. The van der Waals surface area contributed by atoms with E-state index in [2.05, 4.69) is 102 Å². The van der Waals surface area contributed by atoms with Crippen LogP contribution >= 0.6 is 0 Å². The Balaban J connectivity index is 0.000000264. The largest absolute Gasteiger partial charge is 0.463 e. The van der Waals surface area contributed by atoms with Crippen LogP contribution in [0, 0.1) is 34.5 Å². The Kier molecular flexibility index (Phi) is 22.4. The summed E-state index contributed by atoms with van der Waals surface area (Å²) in [6, 6.07) is 7.23. The van der Waals surface area contributed by atoms with E-state index in [4.69, 9.17) is 30.4 Å². The van der Waals surface area contributed by atoms with Crippen molar-refractivity contribution in [3.05, 3.63) is 22.5 Å². The predicted octanol–water partition coefficient (Wildman–Crippen LogP) is 7.68. The van der Waals surface area contributed by atoms with Crippen molar-refractivity contribution in [1.82, 2.24) is 39.3 Å². The van der Waals surface area contributed by atoms with Crippen LogP contribution in [0.3, 0.4) is 0 Å². The molecule has 2 saturated heterocycles. The lowest BCUT2D eigenvalue weighted by Crippen LogP contribution is -2.35. The average Bonchev–Trinajstić information content (AvgIpc) is 3.81. The van der Waals surface area contributed by atoms with Crippen molar-refractivity contribution in [1.29, 1.82) is 10.5 Å². The van der Waals surface area contributed by atoms with Gasteiger partial charge in [0.05, 0.1) is 25.4 Å². The lowest BCUT2D eigenvalue weighted by Gasteiger charge is -2.31. The number of nitriles is 2. The van der Waals surface area contributed by atoms with E-state index >= 15 is 0 Å². The summed E-state index contributed by atoms with van der Waals surface area (Å²) in [5.41, 5.74) is 17.7. The van der Waals surface area contributed by atoms with Gasteiger partial charge in [0, 0.05) is 40.5 Å². The molecule has 2 unspecified atom stereocenters. The van der Waals surface area contributed by atoms with Gasteiger partial charge in [-0.15, -0.1) is 0 Å². The van der Waals surface area contributed by atoms with Gasteiger partial charge in [-0.05, 0) is 121 Å². The Hall–Kier alpha value is -4.39. The van der Waals surface area contributed by atoms with E-state index < -0.39 is 28.4 Å². The summed E-state index contributed by atoms with van der Waals surface area (Å²) < 4.78 is 27.1. The highest BCUT2D eigenvalue weighted by Crippen LogP contribution is 2.34. The normalized spacial score (nSPS) is 16.1. The first-order valence-corrected chi connectivity index (χ1v) is 33.6. The molecule has 6 heterocycles. The van der Waals surface area contributed by atoms with Crippen molar-refractivity contribution in [3.8, 4) is 24.2 Å². The highest BCUT2D eigenvalue weighted by Gasteiger charge is 2.29. The van der Waals surface area contributed by atoms with Crippen molar-refractivity contribution >= 4 is 49.9 Å². The lowest BCUT2D eigenvalue weighted by atomic mass is 9.88. The van der Waals surface area contributed by atoms with Crippen LogP contribution in [0.15, 0.2) is 0 Å². The first kappa shape index (κ1) is 57.5. The third kappa shape index (κ3) is 16.8. The van der Waals surface area contributed by atoms with Crippen LogP contribution in [0.4, 0.5) is 11.6 Å². The second-order valence-electron chi connectivity index (χ2n) is 22.0. The number of aliphatic hydroxyl groups excluding tert-OH is 2. The van der Waals surface area contributed by atoms with Gasteiger partial charge >= 0.3 is 12.0 Å². The minimum absolute atomic E-state index is 0.213. The Morgan fingerprint density at radius 3 is 1.45 bits per heavy atom. The number of nitrogens with one attached hydrogen (secondary N) is 1. The summed E-state index contributed by atoms with van der Waals surface area (Å²) in [7, 11) is -0.364. The molecule has 0 bridgehead atoms. The summed E-state index contributed by atoms with van der Waals surface area (Å²) >= 11 is 0. The van der Waals surface area contributed by atoms with E-state index in [1.807, 2.05) is 0 Å². The maximum Gasteiger partial charge on any atom is 0.319 e. The molecule has 20 heteroatoms. The number of piperidine rings is 2. The Morgan fingerprint density at radius 2 is 1.07 bits per heavy atom. The van der Waals surface area contributed by atoms with E-state index in [0.717, 1.165) is 101 Å². The van der Waals surface area contributed by atoms with Gasteiger partial charge in [-0.2, -0.15) is 30.5 Å². The number of unbranched alkanes of at least 4 members (excludes halogenated alkanes) is 2. The Bertz CT molecular complexity index is 2370. The van der Waals surface area contributed by atoms with E-state index in [0.29, 0.717) is 85.6 Å². The number of hydrogen-bond donors (Lipinski definition) is 5. The SMILES string of the molecule is CCCCOc1nc(N)c2c(n1)c(CCC(O)C1CCN(C)CC1)c(C#N)n2COCC[Si](C)(C)C.CCCCOc1nc(N)c2c(n1)c(CCC(O)C1CCNCC1)c(C#N)n2COCC[Si](C)(C)C. The van der Waals surface area contributed by atoms with Crippen LogP contribution in [0.25, 0.3) is 22.1 Å². The standard InChI is InChI=1S/C26H44N6O3Si.C25H42N6O3Si/c1-6-7-14-35-26-29-23-20(8-9-22(33)19-10-12-31(2)13-11-19)21(17-27)32(24(23)25(28)30-26)18-34-15-16-36(3,4)5;1-5-6-13-34-25-29-22-19(7-8-21(32)18-9-11-28-12-10-18)20(16-26)31(23(22)24(27)30-25)17-33-14-15-35(2,3)4/h19,22,33H,6-16,18H2,1-5H3,(H2,28,29,30);18,21,28,32H,5-15,17H2,1-4H3,(H2,27,29,30). The molecule has 0 aromatic carbocycles. The van der Waals surface area contributed by atoms with Crippen molar-refractivity contribution < 1.29 is 29.2 Å². The second kappa shape index (κ2) is 27.6. The number of aromatic nitrogens is 6. The Labute approximate surface area is 424 Å². The molecule has 71 heavy (non-hydrogen) atoms. The fourth-order valence-electron chi connectivity index (χ4n) is 9.13. The second-order valence-corrected chi connectivity index (χ2v) is 33.2. The first-order chi connectivity index (χ1) is 33.9. The summed E-state index contributed by atoms with van der Waals surface area (Å²) in [4.78, 5) is 20.4. The third-order valence-electron chi connectivity index (χ3n) is 13.7. The zero-order chi connectivity index (χ0) is 51.7. The number of anilines is 2. The smallest absolute Gasteiger partial charge is 0.319 e. The number of likely N-dealkylation sites (tertiary alicyclic amines) is 1. The highest BCUT2D eigenvalue weighted by atomic mass is 28.3. The topological polar surface area (TPSA) is 254 Å². The molecule has 6 rings (SSSR count). The van der Waals surface area contributed by atoms with Gasteiger partial charge < -0.3 is 60.0 Å². The maximum absolute atomic E-state index is 11.0. The molecule has 7 N–H and O–H groups in total. The maximum atomic E-state index is 11.0. The van der Waals surface area contributed by atoms with E-state index in [-0.39, 0.29) is 49.0 Å². The number of aliphatic hydroxyl groups is 2. The summed E-state index contributed by atoms with van der Waals surface area (Å²) in [6.45, 7) is 24.6. The van der Waals surface area contributed by atoms with Crippen LogP contribution in [0.1, 0.15) is 101 Å². The number of nitrogens with two attached hydrogens (primary N) is 2. The van der Waals surface area contributed by atoms with E-state index in [9.17, 15) is 20.7 Å². The molecule has 2 fully saturated rings. The minimum Gasteiger partial charge on any atom is -0.463 e. The van der Waals surface area contributed by atoms with Crippen molar-refractivity contribution in [2.24, 2.45) is 11.8 Å². The van der Waals surface area contributed by atoms with Gasteiger partial charge in [-0.3, -0.25) is 0 Å². The fraction of sp³-hybridized carbons (Fsp3) is 0.725. The van der Waals surface area contributed by atoms with Gasteiger partial charge in [0.1, 0.15) is 59.1 Å². The highest BCUT2D eigenvalue weighted by molar-refractivity contribution is 6.76. The molecule has 0 radical (unpaired) electrons. The number of hydrogen-bond acceptors (Lipinski definition) is 16. The van der Waals surface area contributed by atoms with Gasteiger partial charge in [0.15, 0.2) is 11.6 Å². The number of rotatable bonds is 26. The molecule has 0 aliphatic carbocycles. The number of ether oxygens (including phenoxy) is 4. The predicted molar refractivity (Wildman–Crippen MR) is 287 cm³/mol. The van der Waals surface area contributed by atoms with Gasteiger partial charge in [-0.1, -0.05) is 66.0 Å². The molecule has 2 atom stereocenters. The zero-order valence-electron chi connectivity index (χ0n) is 44.5. The summed E-state index contributed by atoms with van der Waals surface area (Å²) in [5, 5.41) is 45.4. The van der Waals surface area contributed by atoms with Crippen molar-refractivity contribution in [2.45, 2.75) is 168 Å². The molecule has 0 amide bonds. The van der Waals surface area contributed by atoms with Crippen LogP contribution in [-0.2, 0) is 35.8 Å². The number of nitrogen functional groups attached to an aromatic ring is 2. The van der Waals surface area contributed by atoms with Crippen LogP contribution < -0.4 is 26.3 Å². The molecule has 4 aromatic heterocycles.